The first-order valence-electron chi connectivity index (χ1n) is 5.98. The Kier molecular flexibility index (Phi) is 3.91. The molecule has 0 saturated carbocycles. The Hall–Kier alpha value is -1.64. The molecule has 0 atom stereocenters. The minimum atomic E-state index is -0.280. The van der Waals surface area contributed by atoms with Gasteiger partial charge in [-0.2, -0.15) is 0 Å². The van der Waals surface area contributed by atoms with Gasteiger partial charge in [-0.05, 0) is 43.0 Å². The number of likely N-dealkylation sites (tertiary alicyclic amines) is 1. The van der Waals surface area contributed by atoms with Crippen LogP contribution in [0.1, 0.15) is 24.8 Å². The molecule has 0 spiro atoms. The highest BCUT2D eigenvalue weighted by Gasteiger charge is 2.13. The van der Waals surface area contributed by atoms with Crippen LogP contribution >= 0.6 is 0 Å². The standard InChI is InChI=1S/C14H16FNO/c15-13-6-4-5-12(11-13)7-8-14(17)16-9-2-1-3-10-16/h4-8,11H,1-3,9-10H2/b8-7+. The van der Waals surface area contributed by atoms with E-state index in [0.29, 0.717) is 0 Å². The molecule has 1 heterocycles. The van der Waals surface area contributed by atoms with Gasteiger partial charge in [0, 0.05) is 19.2 Å². The van der Waals surface area contributed by atoms with Crippen molar-refractivity contribution >= 4 is 12.0 Å². The highest BCUT2D eigenvalue weighted by Crippen LogP contribution is 2.10. The van der Waals surface area contributed by atoms with Crippen LogP contribution in [0, 0.1) is 5.82 Å². The summed E-state index contributed by atoms with van der Waals surface area (Å²) in [6.45, 7) is 1.68. The second-order valence-electron chi connectivity index (χ2n) is 4.27. The Morgan fingerprint density at radius 2 is 2.00 bits per heavy atom. The second-order valence-corrected chi connectivity index (χ2v) is 4.27. The maximum absolute atomic E-state index is 12.9. The lowest BCUT2D eigenvalue weighted by Gasteiger charge is -2.25. The molecule has 1 aliphatic heterocycles. The van der Waals surface area contributed by atoms with Gasteiger partial charge in [0.15, 0.2) is 0 Å². The van der Waals surface area contributed by atoms with Crippen LogP contribution in [0.4, 0.5) is 4.39 Å². The summed E-state index contributed by atoms with van der Waals surface area (Å²) in [5.41, 5.74) is 0.718. The molecule has 90 valence electrons. The number of carbonyl (C=O) groups is 1. The molecule has 1 aromatic carbocycles. The van der Waals surface area contributed by atoms with Gasteiger partial charge in [0.25, 0.3) is 0 Å². The van der Waals surface area contributed by atoms with E-state index in [1.54, 1.807) is 18.2 Å². The first-order valence-corrected chi connectivity index (χ1v) is 5.98. The molecular formula is C14H16FNO. The average Bonchev–Trinajstić information content (AvgIpc) is 2.37. The van der Waals surface area contributed by atoms with Crippen molar-refractivity contribution in [3.63, 3.8) is 0 Å². The molecule has 0 bridgehead atoms. The van der Waals surface area contributed by atoms with Crippen molar-refractivity contribution in [2.24, 2.45) is 0 Å². The number of benzene rings is 1. The summed E-state index contributed by atoms with van der Waals surface area (Å²) in [7, 11) is 0. The van der Waals surface area contributed by atoms with Crippen molar-refractivity contribution in [3.05, 3.63) is 41.7 Å². The Bertz CT molecular complexity index is 422. The Labute approximate surface area is 101 Å². The summed E-state index contributed by atoms with van der Waals surface area (Å²) >= 11 is 0. The topological polar surface area (TPSA) is 20.3 Å². The van der Waals surface area contributed by atoms with Crippen LogP contribution < -0.4 is 0 Å². The molecule has 0 N–H and O–H groups in total. The fourth-order valence-corrected chi connectivity index (χ4v) is 2.00. The summed E-state index contributed by atoms with van der Waals surface area (Å²) in [6, 6.07) is 6.23. The van der Waals surface area contributed by atoms with Crippen LogP contribution in [0.2, 0.25) is 0 Å². The van der Waals surface area contributed by atoms with E-state index in [1.165, 1.54) is 24.6 Å². The molecule has 0 aromatic heterocycles. The van der Waals surface area contributed by atoms with Gasteiger partial charge in [-0.15, -0.1) is 0 Å². The van der Waals surface area contributed by atoms with Crippen molar-refractivity contribution in [1.82, 2.24) is 4.90 Å². The van der Waals surface area contributed by atoms with Gasteiger partial charge in [-0.3, -0.25) is 4.79 Å². The summed E-state index contributed by atoms with van der Waals surface area (Å²) < 4.78 is 12.9. The zero-order chi connectivity index (χ0) is 12.1. The zero-order valence-corrected chi connectivity index (χ0v) is 9.73. The zero-order valence-electron chi connectivity index (χ0n) is 9.73. The number of halogens is 1. The van der Waals surface area contributed by atoms with E-state index in [9.17, 15) is 9.18 Å². The second kappa shape index (κ2) is 5.62. The smallest absolute Gasteiger partial charge is 0.246 e. The summed E-state index contributed by atoms with van der Waals surface area (Å²) in [5, 5.41) is 0. The highest BCUT2D eigenvalue weighted by atomic mass is 19.1. The molecular weight excluding hydrogens is 217 g/mol. The van der Waals surface area contributed by atoms with E-state index in [0.717, 1.165) is 31.5 Å². The number of piperidine rings is 1. The predicted molar refractivity (Wildman–Crippen MR) is 65.9 cm³/mol. The Morgan fingerprint density at radius 3 is 2.71 bits per heavy atom. The molecule has 2 nitrogen and oxygen atoms in total. The van der Waals surface area contributed by atoms with E-state index in [1.807, 2.05) is 4.90 Å². The number of hydrogen-bond donors (Lipinski definition) is 0. The quantitative estimate of drug-likeness (QED) is 0.719. The summed E-state index contributed by atoms with van der Waals surface area (Å²) in [4.78, 5) is 13.6. The molecule has 0 radical (unpaired) electrons. The van der Waals surface area contributed by atoms with E-state index in [-0.39, 0.29) is 11.7 Å². The molecule has 2 rings (SSSR count). The van der Waals surface area contributed by atoms with Gasteiger partial charge in [-0.1, -0.05) is 12.1 Å². The van der Waals surface area contributed by atoms with Gasteiger partial charge in [-0.25, -0.2) is 4.39 Å². The van der Waals surface area contributed by atoms with Gasteiger partial charge >= 0.3 is 0 Å². The summed E-state index contributed by atoms with van der Waals surface area (Å²) in [6.07, 6.45) is 6.57. The normalized spacial score (nSPS) is 16.4. The maximum Gasteiger partial charge on any atom is 0.246 e. The van der Waals surface area contributed by atoms with Gasteiger partial charge in [0.2, 0.25) is 5.91 Å². The molecule has 0 aliphatic carbocycles. The Balaban J connectivity index is 1.97. The van der Waals surface area contributed by atoms with E-state index in [2.05, 4.69) is 0 Å². The monoisotopic (exact) mass is 233 g/mol. The van der Waals surface area contributed by atoms with Crippen LogP contribution in [-0.4, -0.2) is 23.9 Å². The SMILES string of the molecule is O=C(/C=C/c1cccc(F)c1)N1CCCCC1. The van der Waals surface area contributed by atoms with Crippen molar-refractivity contribution in [2.45, 2.75) is 19.3 Å². The number of amides is 1. The van der Waals surface area contributed by atoms with Crippen LogP contribution in [0.3, 0.4) is 0 Å². The first kappa shape index (κ1) is 11.8. The van der Waals surface area contributed by atoms with E-state index < -0.39 is 0 Å². The third-order valence-corrected chi connectivity index (χ3v) is 2.93. The van der Waals surface area contributed by atoms with Crippen LogP contribution in [0.25, 0.3) is 6.08 Å². The lowest BCUT2D eigenvalue weighted by molar-refractivity contribution is -0.126. The van der Waals surface area contributed by atoms with Crippen molar-refractivity contribution < 1.29 is 9.18 Å². The van der Waals surface area contributed by atoms with Gasteiger partial charge in [0.05, 0.1) is 0 Å². The largest absolute Gasteiger partial charge is 0.339 e. The molecule has 1 saturated heterocycles. The fraction of sp³-hybridized carbons (Fsp3) is 0.357. The Morgan fingerprint density at radius 1 is 1.24 bits per heavy atom. The minimum absolute atomic E-state index is 0.0222. The van der Waals surface area contributed by atoms with Crippen molar-refractivity contribution in [2.75, 3.05) is 13.1 Å². The number of rotatable bonds is 2. The van der Waals surface area contributed by atoms with Crippen molar-refractivity contribution in [3.8, 4) is 0 Å². The van der Waals surface area contributed by atoms with Gasteiger partial charge < -0.3 is 4.90 Å². The molecule has 17 heavy (non-hydrogen) atoms. The fourth-order valence-electron chi connectivity index (χ4n) is 2.00. The van der Waals surface area contributed by atoms with E-state index >= 15 is 0 Å². The average molecular weight is 233 g/mol. The first-order chi connectivity index (χ1) is 8.25. The van der Waals surface area contributed by atoms with Crippen LogP contribution in [0.5, 0.6) is 0 Å². The molecule has 3 heteroatoms. The lowest BCUT2D eigenvalue weighted by Crippen LogP contribution is -2.34. The van der Waals surface area contributed by atoms with Crippen molar-refractivity contribution in [1.29, 1.82) is 0 Å². The molecule has 0 unspecified atom stereocenters. The highest BCUT2D eigenvalue weighted by molar-refractivity contribution is 5.91. The predicted octanol–water partition coefficient (Wildman–Crippen LogP) is 2.85. The van der Waals surface area contributed by atoms with Crippen LogP contribution in [-0.2, 0) is 4.79 Å². The molecule has 1 aliphatic rings. The van der Waals surface area contributed by atoms with E-state index in [4.69, 9.17) is 0 Å². The van der Waals surface area contributed by atoms with Crippen LogP contribution in [0.15, 0.2) is 30.3 Å². The maximum atomic E-state index is 12.9. The minimum Gasteiger partial charge on any atom is -0.339 e. The molecule has 1 aromatic rings. The number of carbonyl (C=O) groups excluding carboxylic acids is 1. The number of nitrogens with zero attached hydrogens (tertiary/aromatic N) is 1. The molecule has 1 fully saturated rings. The van der Waals surface area contributed by atoms with Gasteiger partial charge in [0.1, 0.15) is 5.82 Å². The summed E-state index contributed by atoms with van der Waals surface area (Å²) in [5.74, 6) is -0.258. The number of hydrogen-bond acceptors (Lipinski definition) is 1. The lowest BCUT2D eigenvalue weighted by atomic mass is 10.1. The third kappa shape index (κ3) is 3.41. The molecule has 1 amide bonds. The third-order valence-electron chi connectivity index (χ3n) is 2.93.